The highest BCUT2D eigenvalue weighted by Gasteiger charge is 2.23. The van der Waals surface area contributed by atoms with E-state index in [9.17, 15) is 0 Å². The van der Waals surface area contributed by atoms with Gasteiger partial charge in [-0.3, -0.25) is 4.90 Å². The van der Waals surface area contributed by atoms with Gasteiger partial charge in [0.15, 0.2) is 0 Å². The average molecular weight is 252 g/mol. The summed E-state index contributed by atoms with van der Waals surface area (Å²) in [6.45, 7) is 10.9. The standard InChI is InChI=1S/C14H28N4/c1-6-14(3,11-15-7-2)12-17(4)10-13-16-8-9-18(13)5/h8-9,15H,6-7,10-12H2,1-5H3. The van der Waals surface area contributed by atoms with E-state index in [0.29, 0.717) is 5.41 Å². The van der Waals surface area contributed by atoms with Gasteiger partial charge in [0.25, 0.3) is 0 Å². The molecule has 1 unspecified atom stereocenters. The molecule has 0 aliphatic carbocycles. The molecule has 1 N–H and O–H groups in total. The van der Waals surface area contributed by atoms with Gasteiger partial charge in [0.05, 0.1) is 6.54 Å². The fourth-order valence-corrected chi connectivity index (χ4v) is 2.22. The molecule has 4 nitrogen and oxygen atoms in total. The van der Waals surface area contributed by atoms with E-state index in [1.165, 1.54) is 6.42 Å². The summed E-state index contributed by atoms with van der Waals surface area (Å²) in [4.78, 5) is 6.74. The third-order valence-corrected chi connectivity index (χ3v) is 3.64. The highest BCUT2D eigenvalue weighted by Crippen LogP contribution is 2.21. The van der Waals surface area contributed by atoms with E-state index in [1.807, 2.05) is 19.4 Å². The minimum atomic E-state index is 0.329. The predicted molar refractivity (Wildman–Crippen MR) is 76.5 cm³/mol. The van der Waals surface area contributed by atoms with E-state index in [0.717, 1.165) is 32.0 Å². The number of imidazole rings is 1. The molecule has 1 rings (SSSR count). The normalized spacial score (nSPS) is 15.0. The third kappa shape index (κ3) is 4.42. The number of rotatable bonds is 8. The van der Waals surface area contributed by atoms with Crippen LogP contribution in [0.3, 0.4) is 0 Å². The van der Waals surface area contributed by atoms with Crippen molar-refractivity contribution in [1.29, 1.82) is 0 Å². The Bertz CT molecular complexity index is 347. The van der Waals surface area contributed by atoms with Crippen LogP contribution in [0, 0.1) is 5.41 Å². The van der Waals surface area contributed by atoms with Crippen LogP contribution in [-0.2, 0) is 13.6 Å². The molecular weight excluding hydrogens is 224 g/mol. The van der Waals surface area contributed by atoms with Crippen LogP contribution < -0.4 is 5.32 Å². The topological polar surface area (TPSA) is 33.1 Å². The zero-order valence-corrected chi connectivity index (χ0v) is 12.5. The zero-order valence-electron chi connectivity index (χ0n) is 12.5. The molecule has 104 valence electrons. The molecule has 0 saturated heterocycles. The van der Waals surface area contributed by atoms with Crippen molar-refractivity contribution in [1.82, 2.24) is 19.8 Å². The van der Waals surface area contributed by atoms with Crippen LogP contribution in [0.25, 0.3) is 0 Å². The van der Waals surface area contributed by atoms with Crippen molar-refractivity contribution in [2.24, 2.45) is 12.5 Å². The second-order valence-corrected chi connectivity index (χ2v) is 5.57. The minimum Gasteiger partial charge on any atom is -0.337 e. The summed E-state index contributed by atoms with van der Waals surface area (Å²) in [5, 5.41) is 3.47. The molecule has 1 heterocycles. The predicted octanol–water partition coefficient (Wildman–Crippen LogP) is 1.88. The van der Waals surface area contributed by atoms with Crippen molar-refractivity contribution >= 4 is 0 Å². The molecule has 0 saturated carbocycles. The molecule has 0 aliphatic rings. The first-order chi connectivity index (χ1) is 8.50. The minimum absolute atomic E-state index is 0.329. The van der Waals surface area contributed by atoms with Gasteiger partial charge in [-0.05, 0) is 25.4 Å². The lowest BCUT2D eigenvalue weighted by Crippen LogP contribution is -2.40. The quantitative estimate of drug-likeness (QED) is 0.767. The Balaban J connectivity index is 2.51. The molecule has 1 atom stereocenters. The fraction of sp³-hybridized carbons (Fsp3) is 0.786. The molecule has 18 heavy (non-hydrogen) atoms. The van der Waals surface area contributed by atoms with E-state index in [1.54, 1.807) is 0 Å². The van der Waals surface area contributed by atoms with Crippen molar-refractivity contribution in [2.75, 3.05) is 26.7 Å². The highest BCUT2D eigenvalue weighted by molar-refractivity contribution is 4.91. The smallest absolute Gasteiger partial charge is 0.122 e. The van der Waals surface area contributed by atoms with Gasteiger partial charge in [-0.2, -0.15) is 0 Å². The van der Waals surface area contributed by atoms with Gasteiger partial charge < -0.3 is 9.88 Å². The first kappa shape index (κ1) is 15.2. The summed E-state index contributed by atoms with van der Waals surface area (Å²) in [6.07, 6.45) is 5.05. The lowest BCUT2D eigenvalue weighted by Gasteiger charge is -2.33. The third-order valence-electron chi connectivity index (χ3n) is 3.64. The van der Waals surface area contributed by atoms with Crippen molar-refractivity contribution in [2.45, 2.75) is 33.7 Å². The molecule has 0 aromatic carbocycles. The Kier molecular flexibility index (Phi) is 5.82. The fourth-order valence-electron chi connectivity index (χ4n) is 2.22. The van der Waals surface area contributed by atoms with E-state index in [-0.39, 0.29) is 0 Å². The number of hydrogen-bond donors (Lipinski definition) is 1. The maximum atomic E-state index is 4.38. The molecule has 1 aromatic heterocycles. The first-order valence-corrected chi connectivity index (χ1v) is 6.86. The van der Waals surface area contributed by atoms with E-state index in [2.05, 4.69) is 47.6 Å². The van der Waals surface area contributed by atoms with Crippen LogP contribution >= 0.6 is 0 Å². The number of hydrogen-bond acceptors (Lipinski definition) is 3. The van der Waals surface area contributed by atoms with E-state index >= 15 is 0 Å². The maximum Gasteiger partial charge on any atom is 0.122 e. The summed E-state index contributed by atoms with van der Waals surface area (Å²) >= 11 is 0. The number of nitrogens with zero attached hydrogens (tertiary/aromatic N) is 3. The van der Waals surface area contributed by atoms with Crippen LogP contribution in [-0.4, -0.2) is 41.1 Å². The second kappa shape index (κ2) is 6.90. The summed E-state index contributed by atoms with van der Waals surface area (Å²) in [7, 11) is 4.22. The van der Waals surface area contributed by atoms with Crippen LogP contribution in [0.4, 0.5) is 0 Å². The molecule has 0 radical (unpaired) electrons. The SMILES string of the molecule is CCNCC(C)(CC)CN(C)Cc1nccn1C. The number of aryl methyl sites for hydroxylation is 1. The maximum absolute atomic E-state index is 4.38. The molecule has 0 amide bonds. The van der Waals surface area contributed by atoms with Crippen molar-refractivity contribution in [3.8, 4) is 0 Å². The first-order valence-electron chi connectivity index (χ1n) is 6.86. The van der Waals surface area contributed by atoms with E-state index in [4.69, 9.17) is 0 Å². The van der Waals surface area contributed by atoms with Crippen molar-refractivity contribution in [3.05, 3.63) is 18.2 Å². The van der Waals surface area contributed by atoms with Gasteiger partial charge in [-0.15, -0.1) is 0 Å². The molecular formula is C14H28N4. The summed E-state index contributed by atoms with van der Waals surface area (Å²) in [5.41, 5.74) is 0.329. The van der Waals surface area contributed by atoms with Gasteiger partial charge in [0.1, 0.15) is 5.82 Å². The Labute approximate surface area is 111 Å². The lowest BCUT2D eigenvalue weighted by molar-refractivity contribution is 0.172. The molecule has 0 spiro atoms. The van der Waals surface area contributed by atoms with Crippen molar-refractivity contribution in [3.63, 3.8) is 0 Å². The highest BCUT2D eigenvalue weighted by atomic mass is 15.2. The Morgan fingerprint density at radius 2 is 2.17 bits per heavy atom. The zero-order chi connectivity index (χ0) is 13.6. The molecule has 0 fully saturated rings. The van der Waals surface area contributed by atoms with Crippen molar-refractivity contribution < 1.29 is 0 Å². The Hall–Kier alpha value is -0.870. The van der Waals surface area contributed by atoms with Gasteiger partial charge >= 0.3 is 0 Å². The largest absolute Gasteiger partial charge is 0.337 e. The van der Waals surface area contributed by atoms with Gasteiger partial charge in [0, 0.05) is 32.5 Å². The summed E-state index contributed by atoms with van der Waals surface area (Å²) in [5.74, 6) is 1.12. The number of nitrogens with one attached hydrogen (secondary N) is 1. The van der Waals surface area contributed by atoms with Crippen LogP contribution in [0.1, 0.15) is 33.0 Å². The van der Waals surface area contributed by atoms with Gasteiger partial charge in [-0.25, -0.2) is 4.98 Å². The Morgan fingerprint density at radius 3 is 2.67 bits per heavy atom. The monoisotopic (exact) mass is 252 g/mol. The molecule has 1 aromatic rings. The lowest BCUT2D eigenvalue weighted by atomic mass is 9.87. The van der Waals surface area contributed by atoms with Crippen LogP contribution in [0.5, 0.6) is 0 Å². The second-order valence-electron chi connectivity index (χ2n) is 5.57. The Morgan fingerprint density at radius 1 is 1.44 bits per heavy atom. The van der Waals surface area contributed by atoms with Gasteiger partial charge in [0.2, 0.25) is 0 Å². The molecule has 4 heteroatoms. The summed E-state index contributed by atoms with van der Waals surface area (Å²) < 4.78 is 2.09. The molecule has 0 bridgehead atoms. The summed E-state index contributed by atoms with van der Waals surface area (Å²) in [6, 6.07) is 0. The van der Waals surface area contributed by atoms with Gasteiger partial charge in [-0.1, -0.05) is 20.8 Å². The van der Waals surface area contributed by atoms with E-state index < -0.39 is 0 Å². The molecule has 0 aliphatic heterocycles. The number of aromatic nitrogens is 2. The van der Waals surface area contributed by atoms with Crippen LogP contribution in [0.2, 0.25) is 0 Å². The average Bonchev–Trinajstić information content (AvgIpc) is 2.72. The van der Waals surface area contributed by atoms with Crippen LogP contribution in [0.15, 0.2) is 12.4 Å².